The van der Waals surface area contributed by atoms with Crippen LogP contribution in [0.4, 0.5) is 0 Å². The quantitative estimate of drug-likeness (QED) is 0.392. The molecule has 3 nitrogen and oxygen atoms in total. The molecule has 0 bridgehead atoms. The largest absolute Gasteiger partial charge is 0.396 e. The van der Waals surface area contributed by atoms with Crippen LogP contribution in [0, 0.1) is 0 Å². The number of unbranched alkanes of at least 4 members (excludes halogenated alkanes) is 6. The molecule has 0 heterocycles. The zero-order valence-corrected chi connectivity index (χ0v) is 10.7. The van der Waals surface area contributed by atoms with Gasteiger partial charge in [-0.15, -0.1) is 0 Å². The highest BCUT2D eigenvalue weighted by molar-refractivity contribution is 4.41. The van der Waals surface area contributed by atoms with Crippen LogP contribution < -0.4 is 0 Å². The molecule has 0 rings (SSSR count). The monoisotopic (exact) mass is 232 g/mol. The van der Waals surface area contributed by atoms with Gasteiger partial charge < -0.3 is 14.6 Å². The van der Waals surface area contributed by atoms with Crippen molar-refractivity contribution in [3.63, 3.8) is 0 Å². The summed E-state index contributed by atoms with van der Waals surface area (Å²) in [5.41, 5.74) is 0. The van der Waals surface area contributed by atoms with Gasteiger partial charge >= 0.3 is 0 Å². The molecule has 0 spiro atoms. The molecule has 0 unspecified atom stereocenters. The summed E-state index contributed by atoms with van der Waals surface area (Å²) in [7, 11) is 0. The Bertz CT molecular complexity index is 104. The molecule has 0 saturated heterocycles. The highest BCUT2D eigenvalue weighted by Crippen LogP contribution is 2.00. The van der Waals surface area contributed by atoms with Crippen molar-refractivity contribution in [2.75, 3.05) is 26.6 Å². The molecule has 0 aromatic heterocycles. The Kier molecular flexibility index (Phi) is 14.8. The molecule has 0 aliphatic heterocycles. The standard InChI is InChI=1S/C13H28O3/c1-2-3-4-8-11-15-13-16-12-9-6-5-7-10-14/h14H,2-13H2,1H3. The lowest BCUT2D eigenvalue weighted by molar-refractivity contribution is -0.0556. The molecule has 0 amide bonds. The van der Waals surface area contributed by atoms with Crippen LogP contribution in [-0.2, 0) is 9.47 Å². The SMILES string of the molecule is CCCCCCOCOCCCCCCO. The van der Waals surface area contributed by atoms with Crippen molar-refractivity contribution in [2.24, 2.45) is 0 Å². The van der Waals surface area contributed by atoms with Crippen molar-refractivity contribution in [2.45, 2.75) is 58.3 Å². The van der Waals surface area contributed by atoms with E-state index in [9.17, 15) is 0 Å². The normalized spacial score (nSPS) is 10.9. The van der Waals surface area contributed by atoms with Crippen LogP contribution in [0.5, 0.6) is 0 Å². The average Bonchev–Trinajstić information content (AvgIpc) is 2.31. The lowest BCUT2D eigenvalue weighted by Crippen LogP contribution is -2.03. The van der Waals surface area contributed by atoms with Gasteiger partial charge in [0.05, 0.1) is 0 Å². The maximum atomic E-state index is 8.58. The molecule has 0 aliphatic carbocycles. The van der Waals surface area contributed by atoms with Gasteiger partial charge in [-0.05, 0) is 19.3 Å². The first kappa shape index (κ1) is 15.9. The van der Waals surface area contributed by atoms with Crippen molar-refractivity contribution in [1.29, 1.82) is 0 Å². The maximum Gasteiger partial charge on any atom is 0.146 e. The second kappa shape index (κ2) is 14.9. The smallest absolute Gasteiger partial charge is 0.146 e. The number of hydrogen-bond donors (Lipinski definition) is 1. The summed E-state index contributed by atoms with van der Waals surface area (Å²) in [6.07, 6.45) is 9.19. The Morgan fingerprint density at radius 3 is 1.88 bits per heavy atom. The molecule has 3 heteroatoms. The molecular formula is C13H28O3. The molecule has 0 fully saturated rings. The minimum absolute atomic E-state index is 0.307. The second-order valence-electron chi connectivity index (χ2n) is 4.13. The van der Waals surface area contributed by atoms with Crippen molar-refractivity contribution < 1.29 is 14.6 Å². The summed E-state index contributed by atoms with van der Waals surface area (Å²) >= 11 is 0. The van der Waals surface area contributed by atoms with Gasteiger partial charge in [-0.3, -0.25) is 0 Å². The Labute approximate surface area is 100 Å². The molecule has 16 heavy (non-hydrogen) atoms. The van der Waals surface area contributed by atoms with Crippen LogP contribution in [0.2, 0.25) is 0 Å². The summed E-state index contributed by atoms with van der Waals surface area (Å²) < 4.78 is 10.7. The van der Waals surface area contributed by atoms with Crippen molar-refractivity contribution in [3.8, 4) is 0 Å². The highest BCUT2D eigenvalue weighted by atomic mass is 16.7. The van der Waals surface area contributed by atoms with E-state index in [0.29, 0.717) is 13.4 Å². The number of rotatable bonds is 13. The van der Waals surface area contributed by atoms with E-state index < -0.39 is 0 Å². The lowest BCUT2D eigenvalue weighted by atomic mass is 10.2. The van der Waals surface area contributed by atoms with Crippen LogP contribution >= 0.6 is 0 Å². The Morgan fingerprint density at radius 2 is 1.31 bits per heavy atom. The molecule has 98 valence electrons. The predicted octanol–water partition coefficient (Wildman–Crippen LogP) is 3.11. The minimum Gasteiger partial charge on any atom is -0.396 e. The van der Waals surface area contributed by atoms with Crippen molar-refractivity contribution in [1.82, 2.24) is 0 Å². The van der Waals surface area contributed by atoms with Crippen LogP contribution in [0.15, 0.2) is 0 Å². The number of ether oxygens (including phenoxy) is 2. The van der Waals surface area contributed by atoms with Crippen LogP contribution in [0.25, 0.3) is 0 Å². The molecule has 1 N–H and O–H groups in total. The van der Waals surface area contributed by atoms with Crippen molar-refractivity contribution >= 4 is 0 Å². The van der Waals surface area contributed by atoms with E-state index in [1.54, 1.807) is 0 Å². The van der Waals surface area contributed by atoms with Gasteiger partial charge in [-0.25, -0.2) is 0 Å². The Hall–Kier alpha value is -0.120. The first-order chi connectivity index (χ1) is 7.91. The summed E-state index contributed by atoms with van der Waals surface area (Å²) in [6, 6.07) is 0. The number of aliphatic hydroxyl groups is 1. The van der Waals surface area contributed by atoms with E-state index in [0.717, 1.165) is 45.3 Å². The van der Waals surface area contributed by atoms with Gasteiger partial charge in [-0.1, -0.05) is 39.0 Å². The topological polar surface area (TPSA) is 38.7 Å². The molecule has 0 radical (unpaired) electrons. The van der Waals surface area contributed by atoms with Gasteiger partial charge in [0.15, 0.2) is 0 Å². The second-order valence-corrected chi connectivity index (χ2v) is 4.13. The fourth-order valence-electron chi connectivity index (χ4n) is 1.48. The summed E-state index contributed by atoms with van der Waals surface area (Å²) in [5, 5.41) is 8.58. The third-order valence-electron chi connectivity index (χ3n) is 2.51. The lowest BCUT2D eigenvalue weighted by Gasteiger charge is -2.05. The van der Waals surface area contributed by atoms with Gasteiger partial charge in [0.2, 0.25) is 0 Å². The van der Waals surface area contributed by atoms with E-state index in [1.165, 1.54) is 19.3 Å². The van der Waals surface area contributed by atoms with Crippen LogP contribution in [0.1, 0.15) is 58.3 Å². The fourth-order valence-corrected chi connectivity index (χ4v) is 1.48. The first-order valence-corrected chi connectivity index (χ1v) is 6.68. The van der Waals surface area contributed by atoms with Crippen LogP contribution in [-0.4, -0.2) is 31.7 Å². The molecule has 0 atom stereocenters. The molecule has 0 aromatic rings. The first-order valence-electron chi connectivity index (χ1n) is 6.68. The molecular weight excluding hydrogens is 204 g/mol. The van der Waals surface area contributed by atoms with Crippen LogP contribution in [0.3, 0.4) is 0 Å². The van der Waals surface area contributed by atoms with E-state index in [2.05, 4.69) is 6.92 Å². The Balaban J connectivity index is 2.83. The maximum absolute atomic E-state index is 8.58. The van der Waals surface area contributed by atoms with E-state index in [-0.39, 0.29) is 0 Å². The average molecular weight is 232 g/mol. The van der Waals surface area contributed by atoms with Gasteiger partial charge in [-0.2, -0.15) is 0 Å². The Morgan fingerprint density at radius 1 is 0.750 bits per heavy atom. The van der Waals surface area contributed by atoms with Crippen molar-refractivity contribution in [3.05, 3.63) is 0 Å². The predicted molar refractivity (Wildman–Crippen MR) is 66.5 cm³/mol. The minimum atomic E-state index is 0.307. The summed E-state index contributed by atoms with van der Waals surface area (Å²) in [5.74, 6) is 0. The third kappa shape index (κ3) is 13.9. The zero-order valence-electron chi connectivity index (χ0n) is 10.7. The molecule has 0 saturated carbocycles. The molecule has 0 aliphatic rings. The third-order valence-corrected chi connectivity index (χ3v) is 2.51. The highest BCUT2D eigenvalue weighted by Gasteiger charge is 1.92. The van der Waals surface area contributed by atoms with E-state index in [1.807, 2.05) is 0 Å². The van der Waals surface area contributed by atoms with Gasteiger partial charge in [0.25, 0.3) is 0 Å². The summed E-state index contributed by atoms with van der Waals surface area (Å²) in [6.45, 7) is 4.56. The number of aliphatic hydroxyl groups excluding tert-OH is 1. The summed E-state index contributed by atoms with van der Waals surface area (Å²) in [4.78, 5) is 0. The van der Waals surface area contributed by atoms with E-state index in [4.69, 9.17) is 14.6 Å². The van der Waals surface area contributed by atoms with Gasteiger partial charge in [0, 0.05) is 19.8 Å². The number of hydrogen-bond acceptors (Lipinski definition) is 3. The fraction of sp³-hybridized carbons (Fsp3) is 1.00. The molecule has 0 aromatic carbocycles. The van der Waals surface area contributed by atoms with Gasteiger partial charge in [0.1, 0.15) is 6.79 Å². The van der Waals surface area contributed by atoms with E-state index >= 15 is 0 Å². The zero-order chi connectivity index (χ0) is 11.9.